The molecule has 1 aromatic carbocycles. The van der Waals surface area contributed by atoms with Gasteiger partial charge in [0.25, 0.3) is 0 Å². The number of benzene rings is 1. The Morgan fingerprint density at radius 2 is 1.91 bits per heavy atom. The van der Waals surface area contributed by atoms with Crippen molar-refractivity contribution >= 4 is 5.91 Å². The van der Waals surface area contributed by atoms with Crippen molar-refractivity contribution in [3.05, 3.63) is 64.5 Å². The van der Waals surface area contributed by atoms with Gasteiger partial charge in [0.2, 0.25) is 5.91 Å². The molecule has 0 saturated heterocycles. The molecule has 3 rings (SSSR count). The molecule has 2 aromatic rings. The van der Waals surface area contributed by atoms with E-state index in [9.17, 15) is 18.0 Å². The van der Waals surface area contributed by atoms with E-state index in [-0.39, 0.29) is 0 Å². The molecule has 1 aliphatic rings. The molecule has 2 N–H and O–H groups in total. The molecule has 1 aliphatic heterocycles. The van der Waals surface area contributed by atoms with E-state index in [4.69, 9.17) is 5.73 Å². The summed E-state index contributed by atoms with van der Waals surface area (Å²) < 4.78 is 37.7. The number of hydrogen-bond donors (Lipinski definition) is 1. The molecule has 120 valence electrons. The van der Waals surface area contributed by atoms with Crippen molar-refractivity contribution in [2.75, 3.05) is 0 Å². The van der Waals surface area contributed by atoms with Gasteiger partial charge in [0.15, 0.2) is 0 Å². The summed E-state index contributed by atoms with van der Waals surface area (Å²) in [7, 11) is 0. The van der Waals surface area contributed by atoms with Crippen LogP contribution in [0.15, 0.2) is 36.5 Å². The van der Waals surface area contributed by atoms with Crippen LogP contribution in [0.3, 0.4) is 0 Å². The van der Waals surface area contributed by atoms with Crippen molar-refractivity contribution in [1.29, 1.82) is 0 Å². The molecule has 1 amide bonds. The average Bonchev–Trinajstić information content (AvgIpc) is 2.87. The molecule has 0 aliphatic carbocycles. The highest BCUT2D eigenvalue weighted by Gasteiger charge is 2.30. The van der Waals surface area contributed by atoms with E-state index < -0.39 is 17.6 Å². The van der Waals surface area contributed by atoms with E-state index in [1.807, 2.05) is 4.90 Å². The van der Waals surface area contributed by atoms with Gasteiger partial charge in [0, 0.05) is 25.8 Å². The van der Waals surface area contributed by atoms with Crippen molar-refractivity contribution in [2.24, 2.45) is 5.73 Å². The lowest BCUT2D eigenvalue weighted by molar-refractivity contribution is -0.137. The van der Waals surface area contributed by atoms with Crippen LogP contribution >= 0.6 is 0 Å². The molecule has 1 aromatic heterocycles. The summed E-state index contributed by atoms with van der Waals surface area (Å²) in [5, 5.41) is 0. The van der Waals surface area contributed by atoms with Gasteiger partial charge in [0.1, 0.15) is 0 Å². The maximum Gasteiger partial charge on any atom is 0.416 e. The number of halogens is 3. The lowest BCUT2D eigenvalue weighted by atomic mass is 10.1. The second-order valence-corrected chi connectivity index (χ2v) is 5.53. The lowest BCUT2D eigenvalue weighted by Gasteiger charge is -2.15. The van der Waals surface area contributed by atoms with Crippen molar-refractivity contribution in [3.63, 3.8) is 0 Å². The van der Waals surface area contributed by atoms with Crippen LogP contribution in [0.1, 0.15) is 32.7 Å². The van der Waals surface area contributed by atoms with Crippen LogP contribution in [0.5, 0.6) is 0 Å². The van der Waals surface area contributed by atoms with Crippen molar-refractivity contribution in [2.45, 2.75) is 25.8 Å². The van der Waals surface area contributed by atoms with Crippen LogP contribution in [0.25, 0.3) is 0 Å². The highest BCUT2D eigenvalue weighted by molar-refractivity contribution is 5.92. The van der Waals surface area contributed by atoms with Gasteiger partial charge in [-0.25, -0.2) is 0 Å². The van der Waals surface area contributed by atoms with Gasteiger partial charge in [-0.1, -0.05) is 12.1 Å². The zero-order valence-electron chi connectivity index (χ0n) is 12.1. The number of carbonyl (C=O) groups excluding carboxylic acids is 1. The number of pyridine rings is 1. The molecule has 0 fully saturated rings. The van der Waals surface area contributed by atoms with Crippen LogP contribution in [-0.2, 0) is 25.8 Å². The number of nitrogens with zero attached hydrogens (tertiary/aromatic N) is 2. The van der Waals surface area contributed by atoms with Crippen LogP contribution in [0, 0.1) is 0 Å². The summed E-state index contributed by atoms with van der Waals surface area (Å²) >= 11 is 0. The third-order valence-corrected chi connectivity index (χ3v) is 3.80. The topological polar surface area (TPSA) is 59.2 Å². The molecule has 0 unspecified atom stereocenters. The van der Waals surface area contributed by atoms with Gasteiger partial charge < -0.3 is 5.73 Å². The minimum absolute atomic E-state index is 0.361. The Morgan fingerprint density at radius 3 is 2.52 bits per heavy atom. The molecular formula is C16H14F3N3O. The summed E-state index contributed by atoms with van der Waals surface area (Å²) in [6.45, 7) is 1.69. The second-order valence-electron chi connectivity index (χ2n) is 5.53. The fraction of sp³-hybridized carbons (Fsp3) is 0.250. The summed E-state index contributed by atoms with van der Waals surface area (Å²) in [5.74, 6) is -0.526. The number of nitrogens with two attached hydrogens (primary N) is 1. The summed E-state index contributed by atoms with van der Waals surface area (Å²) in [5.41, 5.74) is 7.52. The largest absolute Gasteiger partial charge is 0.416 e. The summed E-state index contributed by atoms with van der Waals surface area (Å²) in [6.07, 6.45) is -2.87. The molecule has 23 heavy (non-hydrogen) atoms. The highest BCUT2D eigenvalue weighted by Crippen LogP contribution is 2.30. The first-order valence-corrected chi connectivity index (χ1v) is 6.99. The first-order chi connectivity index (χ1) is 10.8. The summed E-state index contributed by atoms with van der Waals surface area (Å²) in [6, 6.07) is 6.85. The number of amides is 1. The number of primary amides is 1. The molecule has 0 saturated carbocycles. The van der Waals surface area contributed by atoms with E-state index in [1.54, 1.807) is 6.07 Å². The van der Waals surface area contributed by atoms with Crippen LogP contribution in [0.2, 0.25) is 0 Å². The van der Waals surface area contributed by atoms with Crippen LogP contribution in [-0.4, -0.2) is 15.8 Å². The Balaban J connectivity index is 1.70. The van der Waals surface area contributed by atoms with Gasteiger partial charge in [-0.15, -0.1) is 0 Å². The monoisotopic (exact) mass is 321 g/mol. The van der Waals surface area contributed by atoms with Gasteiger partial charge in [-0.2, -0.15) is 13.2 Å². The molecule has 0 spiro atoms. The van der Waals surface area contributed by atoms with E-state index in [2.05, 4.69) is 4.98 Å². The van der Waals surface area contributed by atoms with Crippen LogP contribution < -0.4 is 5.73 Å². The molecule has 4 nitrogen and oxygen atoms in total. The van der Waals surface area contributed by atoms with Crippen molar-refractivity contribution in [3.8, 4) is 0 Å². The normalized spacial score (nSPS) is 14.7. The molecule has 0 atom stereocenters. The Morgan fingerprint density at radius 1 is 1.22 bits per heavy atom. The van der Waals surface area contributed by atoms with E-state index in [0.717, 1.165) is 29.0 Å². The zero-order valence-corrected chi connectivity index (χ0v) is 12.1. The standard InChI is InChI=1S/C16H14F3N3O/c17-16(18,19)13-3-1-10(2-4-13)7-22-8-12-5-11(15(20)23)6-21-14(12)9-22/h1-6H,7-9H2,(H2,20,23). The van der Waals surface area contributed by atoms with Crippen molar-refractivity contribution in [1.82, 2.24) is 9.88 Å². The second kappa shape index (κ2) is 5.66. The number of hydrogen-bond acceptors (Lipinski definition) is 3. The third-order valence-electron chi connectivity index (χ3n) is 3.80. The zero-order chi connectivity index (χ0) is 16.6. The Kier molecular flexibility index (Phi) is 3.81. The third kappa shape index (κ3) is 3.34. The number of rotatable bonds is 3. The van der Waals surface area contributed by atoms with E-state index >= 15 is 0 Å². The lowest BCUT2D eigenvalue weighted by Crippen LogP contribution is -2.16. The number of alkyl halides is 3. The smallest absolute Gasteiger partial charge is 0.366 e. The first kappa shape index (κ1) is 15.5. The highest BCUT2D eigenvalue weighted by atomic mass is 19.4. The molecule has 7 heteroatoms. The first-order valence-electron chi connectivity index (χ1n) is 6.99. The minimum Gasteiger partial charge on any atom is -0.366 e. The van der Waals surface area contributed by atoms with E-state index in [0.29, 0.717) is 25.2 Å². The van der Waals surface area contributed by atoms with Crippen molar-refractivity contribution < 1.29 is 18.0 Å². The van der Waals surface area contributed by atoms with Gasteiger partial charge in [-0.3, -0.25) is 14.7 Å². The number of carbonyl (C=O) groups is 1. The molecular weight excluding hydrogens is 307 g/mol. The molecule has 0 bridgehead atoms. The van der Waals surface area contributed by atoms with Crippen LogP contribution in [0.4, 0.5) is 13.2 Å². The predicted octanol–water partition coefficient (Wildman–Crippen LogP) is 2.72. The van der Waals surface area contributed by atoms with Gasteiger partial charge >= 0.3 is 6.18 Å². The maximum atomic E-state index is 12.6. The molecule has 2 heterocycles. The van der Waals surface area contributed by atoms with Gasteiger partial charge in [-0.05, 0) is 29.3 Å². The quantitative estimate of drug-likeness (QED) is 0.945. The summed E-state index contributed by atoms with van der Waals surface area (Å²) in [4.78, 5) is 17.4. The number of aromatic nitrogens is 1. The van der Waals surface area contributed by atoms with E-state index in [1.165, 1.54) is 18.3 Å². The average molecular weight is 321 g/mol. The molecule has 0 radical (unpaired) electrons. The number of fused-ring (bicyclic) bond motifs is 1. The van der Waals surface area contributed by atoms with Gasteiger partial charge in [0.05, 0.1) is 16.8 Å². The predicted molar refractivity (Wildman–Crippen MR) is 77.1 cm³/mol. The maximum absolute atomic E-state index is 12.6. The Labute approximate surface area is 130 Å². The fourth-order valence-corrected chi connectivity index (χ4v) is 2.63. The Hall–Kier alpha value is -2.41. The fourth-order valence-electron chi connectivity index (χ4n) is 2.63. The minimum atomic E-state index is -4.32. The Bertz CT molecular complexity index is 741. The SMILES string of the molecule is NC(=O)c1cnc2c(c1)CN(Cc1ccc(C(F)(F)F)cc1)C2.